The van der Waals surface area contributed by atoms with Crippen molar-refractivity contribution in [1.29, 1.82) is 0 Å². The molecule has 0 saturated carbocycles. The summed E-state index contributed by atoms with van der Waals surface area (Å²) < 4.78 is 13.3. The summed E-state index contributed by atoms with van der Waals surface area (Å²) in [6, 6.07) is 20.8. The van der Waals surface area contributed by atoms with Gasteiger partial charge in [-0.2, -0.15) is 0 Å². The van der Waals surface area contributed by atoms with Gasteiger partial charge in [-0.25, -0.2) is 4.68 Å². The van der Waals surface area contributed by atoms with E-state index in [1.807, 2.05) is 54.6 Å². The van der Waals surface area contributed by atoms with Crippen molar-refractivity contribution < 1.29 is 14.3 Å². The second kappa shape index (κ2) is 10.1. The zero-order valence-corrected chi connectivity index (χ0v) is 19.6. The lowest BCUT2D eigenvalue weighted by atomic mass is 10.1. The molecule has 0 fully saturated rings. The lowest BCUT2D eigenvalue weighted by Crippen LogP contribution is -2.08. The van der Waals surface area contributed by atoms with Gasteiger partial charge in [0.1, 0.15) is 0 Å². The number of hydrogen-bond donors (Lipinski definition) is 1. The van der Waals surface area contributed by atoms with Gasteiger partial charge in [0.05, 0.1) is 31.8 Å². The van der Waals surface area contributed by atoms with Gasteiger partial charge >= 0.3 is 0 Å². The molecule has 1 heterocycles. The molecule has 0 saturated heterocycles. The van der Waals surface area contributed by atoms with E-state index < -0.39 is 0 Å². The Morgan fingerprint density at radius 3 is 2.39 bits per heavy atom. The fraction of sp³-hybridized carbons (Fsp3) is 0.0800. The summed E-state index contributed by atoms with van der Waals surface area (Å²) in [6.45, 7) is 0. The Hall–Kier alpha value is -3.91. The minimum atomic E-state index is -0.242. The van der Waals surface area contributed by atoms with E-state index in [9.17, 15) is 4.79 Å². The molecule has 1 aromatic heterocycles. The first-order valence-corrected chi connectivity index (χ1v) is 10.8. The molecule has 0 aliphatic rings. The van der Waals surface area contributed by atoms with E-state index in [1.54, 1.807) is 43.3 Å². The molecule has 0 atom stereocenters. The van der Waals surface area contributed by atoms with E-state index >= 15 is 0 Å². The van der Waals surface area contributed by atoms with E-state index in [0.29, 0.717) is 17.2 Å². The molecule has 7 nitrogen and oxygen atoms in total. The minimum Gasteiger partial charge on any atom is -0.493 e. The summed E-state index contributed by atoms with van der Waals surface area (Å²) in [6.07, 6.45) is 4.90. The number of methoxy groups -OCH3 is 2. The number of hydrogen-bond acceptors (Lipinski definition) is 5. The maximum atomic E-state index is 12.4. The second-order valence-electron chi connectivity index (χ2n) is 7.02. The molecule has 1 N–H and O–H groups in total. The zero-order valence-electron chi connectivity index (χ0n) is 18.0. The summed E-state index contributed by atoms with van der Waals surface area (Å²) in [4.78, 5) is 12.4. The van der Waals surface area contributed by atoms with Crippen molar-refractivity contribution in [2.45, 2.75) is 0 Å². The maximum Gasteiger partial charge on any atom is 0.248 e. The number of halogens is 1. The minimum absolute atomic E-state index is 0.242. The van der Waals surface area contributed by atoms with Crippen LogP contribution < -0.4 is 14.8 Å². The highest BCUT2D eigenvalue weighted by atomic mass is 79.9. The van der Waals surface area contributed by atoms with E-state index in [2.05, 4.69) is 31.6 Å². The predicted molar refractivity (Wildman–Crippen MR) is 132 cm³/mol. The summed E-state index contributed by atoms with van der Waals surface area (Å²) in [7, 11) is 3.15. The third-order valence-corrected chi connectivity index (χ3v) is 5.43. The van der Waals surface area contributed by atoms with Crippen molar-refractivity contribution in [2.75, 3.05) is 19.5 Å². The largest absolute Gasteiger partial charge is 0.493 e. The highest BCUT2D eigenvalue weighted by Gasteiger charge is 2.09. The molecule has 166 valence electrons. The van der Waals surface area contributed by atoms with Crippen LogP contribution in [0, 0.1) is 0 Å². The first kappa shape index (κ1) is 22.3. The molecular weight excluding hydrogens is 484 g/mol. The van der Waals surface area contributed by atoms with Gasteiger partial charge in [0.2, 0.25) is 5.91 Å². The van der Waals surface area contributed by atoms with Gasteiger partial charge < -0.3 is 14.8 Å². The van der Waals surface area contributed by atoms with Crippen LogP contribution in [0.5, 0.6) is 11.5 Å². The number of anilines is 1. The van der Waals surface area contributed by atoms with Crippen LogP contribution in [0.15, 0.2) is 83.5 Å². The molecule has 33 heavy (non-hydrogen) atoms. The van der Waals surface area contributed by atoms with Crippen molar-refractivity contribution in [3.8, 4) is 28.4 Å². The molecule has 0 aliphatic heterocycles. The van der Waals surface area contributed by atoms with Crippen LogP contribution in [0.2, 0.25) is 0 Å². The number of nitrogens with one attached hydrogen (secondary N) is 1. The summed E-state index contributed by atoms with van der Waals surface area (Å²) in [5, 5.41) is 11.1. The van der Waals surface area contributed by atoms with Crippen LogP contribution in [-0.4, -0.2) is 35.1 Å². The number of nitrogens with zero attached hydrogens (tertiary/aromatic N) is 3. The molecular formula is C25H21BrN4O3. The third kappa shape index (κ3) is 5.30. The van der Waals surface area contributed by atoms with Gasteiger partial charge in [-0.1, -0.05) is 39.3 Å². The highest BCUT2D eigenvalue weighted by molar-refractivity contribution is 9.10. The Morgan fingerprint density at radius 1 is 0.970 bits per heavy atom. The Labute approximate surface area is 199 Å². The van der Waals surface area contributed by atoms with Crippen LogP contribution in [0.4, 0.5) is 5.69 Å². The third-order valence-electron chi connectivity index (χ3n) is 4.90. The normalized spacial score (nSPS) is 10.9. The van der Waals surface area contributed by atoms with Gasteiger partial charge in [-0.05, 0) is 60.2 Å². The Balaban J connectivity index is 1.44. The maximum absolute atomic E-state index is 12.4. The van der Waals surface area contributed by atoms with Crippen LogP contribution in [0.25, 0.3) is 23.0 Å². The van der Waals surface area contributed by atoms with E-state index in [4.69, 9.17) is 9.47 Å². The number of aromatic nitrogens is 3. The quantitative estimate of drug-likeness (QED) is 0.342. The topological polar surface area (TPSA) is 78.3 Å². The number of ether oxygens (including phenoxy) is 2. The second-order valence-corrected chi connectivity index (χ2v) is 7.94. The summed E-state index contributed by atoms with van der Waals surface area (Å²) in [5.74, 6) is 0.995. The zero-order chi connectivity index (χ0) is 23.2. The molecule has 0 spiro atoms. The number of carbonyl (C=O) groups excluding carboxylic acids is 1. The predicted octanol–water partition coefficient (Wildman–Crippen LogP) is 5.37. The van der Waals surface area contributed by atoms with Gasteiger partial charge in [-0.3, -0.25) is 4.79 Å². The molecule has 4 aromatic rings. The van der Waals surface area contributed by atoms with Crippen molar-refractivity contribution in [1.82, 2.24) is 15.0 Å². The number of carbonyl (C=O) groups is 1. The van der Waals surface area contributed by atoms with Crippen LogP contribution in [0.3, 0.4) is 0 Å². The van der Waals surface area contributed by atoms with Gasteiger partial charge in [0.15, 0.2) is 11.5 Å². The molecule has 3 aromatic carbocycles. The standard InChI is InChI=1S/C25H21BrN4O3/c1-32-23-13-3-17(15-24(23)33-2)4-14-25(31)28-20-9-11-21(12-10-20)30-22(16-27-29-30)18-5-7-19(26)8-6-18/h3-16H,1-2H3,(H,28,31)/b14-4+. The first-order valence-electron chi connectivity index (χ1n) is 10.1. The fourth-order valence-electron chi connectivity index (χ4n) is 3.24. The van der Waals surface area contributed by atoms with Crippen molar-refractivity contribution >= 4 is 33.6 Å². The Morgan fingerprint density at radius 2 is 1.70 bits per heavy atom. The van der Waals surface area contributed by atoms with E-state index in [1.165, 1.54) is 6.08 Å². The Kier molecular flexibility index (Phi) is 6.85. The van der Waals surface area contributed by atoms with Crippen molar-refractivity contribution in [3.05, 3.63) is 89.0 Å². The smallest absolute Gasteiger partial charge is 0.248 e. The SMILES string of the molecule is COc1ccc(/C=C/C(=O)Nc2ccc(-n3nncc3-c3ccc(Br)cc3)cc2)cc1OC. The summed E-state index contributed by atoms with van der Waals surface area (Å²) in [5.41, 5.74) is 4.21. The lowest BCUT2D eigenvalue weighted by molar-refractivity contribution is -0.111. The van der Waals surface area contributed by atoms with E-state index in [-0.39, 0.29) is 5.91 Å². The van der Waals surface area contributed by atoms with Crippen molar-refractivity contribution in [3.63, 3.8) is 0 Å². The fourth-order valence-corrected chi connectivity index (χ4v) is 3.51. The lowest BCUT2D eigenvalue weighted by Gasteiger charge is -2.08. The highest BCUT2D eigenvalue weighted by Crippen LogP contribution is 2.28. The van der Waals surface area contributed by atoms with Gasteiger partial charge in [-0.15, -0.1) is 5.10 Å². The summed E-state index contributed by atoms with van der Waals surface area (Å²) >= 11 is 3.45. The number of benzene rings is 3. The molecule has 0 bridgehead atoms. The van der Waals surface area contributed by atoms with Crippen LogP contribution in [0.1, 0.15) is 5.56 Å². The average Bonchev–Trinajstić information content (AvgIpc) is 3.33. The van der Waals surface area contributed by atoms with E-state index in [0.717, 1.165) is 27.0 Å². The molecule has 8 heteroatoms. The molecule has 1 amide bonds. The Bertz CT molecular complexity index is 1280. The molecule has 0 radical (unpaired) electrons. The average molecular weight is 505 g/mol. The van der Waals surface area contributed by atoms with Crippen LogP contribution >= 0.6 is 15.9 Å². The first-order chi connectivity index (χ1) is 16.1. The number of rotatable bonds is 7. The van der Waals surface area contributed by atoms with Crippen LogP contribution in [-0.2, 0) is 4.79 Å². The van der Waals surface area contributed by atoms with Gasteiger partial charge in [0.25, 0.3) is 0 Å². The van der Waals surface area contributed by atoms with Crippen molar-refractivity contribution in [2.24, 2.45) is 0 Å². The van der Waals surface area contributed by atoms with Gasteiger partial charge in [0, 0.05) is 21.8 Å². The number of amides is 1. The molecule has 0 unspecified atom stereocenters. The molecule has 4 rings (SSSR count). The monoisotopic (exact) mass is 504 g/mol. The molecule has 0 aliphatic carbocycles.